The van der Waals surface area contributed by atoms with E-state index in [1.807, 2.05) is 0 Å². The first-order chi connectivity index (χ1) is 8.91. The fraction of sp³-hybridized carbons (Fsp3) is 1.00. The van der Waals surface area contributed by atoms with Gasteiger partial charge in [-0.25, -0.2) is 5.48 Å². The van der Waals surface area contributed by atoms with Gasteiger partial charge in [-0.15, -0.1) is 0 Å². The zero-order valence-corrected chi connectivity index (χ0v) is 12.5. The summed E-state index contributed by atoms with van der Waals surface area (Å²) in [4.78, 5) is 5.18. The molecule has 18 heavy (non-hydrogen) atoms. The first-order valence-corrected chi connectivity index (χ1v) is 7.75. The van der Waals surface area contributed by atoms with E-state index in [1.54, 1.807) is 7.11 Å². The summed E-state index contributed by atoms with van der Waals surface area (Å²) in [6, 6.07) is 0. The van der Waals surface area contributed by atoms with Crippen LogP contribution in [0.4, 0.5) is 0 Å². The summed E-state index contributed by atoms with van der Waals surface area (Å²) in [5.41, 5.74) is 2.97. The Morgan fingerprint density at radius 1 is 0.722 bits per heavy atom. The van der Waals surface area contributed by atoms with E-state index in [0.29, 0.717) is 13.2 Å². The van der Waals surface area contributed by atoms with Gasteiger partial charge in [0.2, 0.25) is 0 Å². The van der Waals surface area contributed by atoms with E-state index in [4.69, 9.17) is 9.57 Å². The second kappa shape index (κ2) is 16.9. The van der Waals surface area contributed by atoms with E-state index in [0.717, 1.165) is 6.54 Å². The molecule has 0 heterocycles. The van der Waals surface area contributed by atoms with Gasteiger partial charge in [-0.3, -0.25) is 4.84 Å². The third kappa shape index (κ3) is 15.9. The molecule has 0 radical (unpaired) electrons. The van der Waals surface area contributed by atoms with Gasteiger partial charge in [-0.05, 0) is 6.42 Å². The first kappa shape index (κ1) is 17.9. The molecule has 0 spiro atoms. The van der Waals surface area contributed by atoms with Gasteiger partial charge in [0.25, 0.3) is 0 Å². The summed E-state index contributed by atoms with van der Waals surface area (Å²) in [5.74, 6) is 0. The quantitative estimate of drug-likeness (QED) is 0.355. The van der Waals surface area contributed by atoms with Crippen LogP contribution in [0, 0.1) is 0 Å². The standard InChI is InChI=1S/C15H33NO2/c1-3-4-5-6-7-8-9-10-11-12-13-16-18-15-14-17-2/h16H,3-15H2,1-2H3. The highest BCUT2D eigenvalue weighted by atomic mass is 16.7. The van der Waals surface area contributed by atoms with Gasteiger partial charge < -0.3 is 4.74 Å². The van der Waals surface area contributed by atoms with E-state index in [-0.39, 0.29) is 0 Å². The molecule has 110 valence electrons. The lowest BCUT2D eigenvalue weighted by molar-refractivity contribution is 0.00644. The van der Waals surface area contributed by atoms with E-state index in [9.17, 15) is 0 Å². The van der Waals surface area contributed by atoms with Crippen LogP contribution in [-0.4, -0.2) is 26.9 Å². The maximum Gasteiger partial charge on any atom is 0.0915 e. The second-order valence-corrected chi connectivity index (χ2v) is 4.92. The van der Waals surface area contributed by atoms with Crippen LogP contribution in [-0.2, 0) is 9.57 Å². The van der Waals surface area contributed by atoms with Crippen LogP contribution in [0.2, 0.25) is 0 Å². The molecule has 0 unspecified atom stereocenters. The Labute approximate surface area is 114 Å². The van der Waals surface area contributed by atoms with Crippen LogP contribution in [0.25, 0.3) is 0 Å². The minimum atomic E-state index is 0.633. The molecule has 0 aromatic carbocycles. The molecule has 0 aliphatic heterocycles. The van der Waals surface area contributed by atoms with Crippen LogP contribution >= 0.6 is 0 Å². The van der Waals surface area contributed by atoms with Crippen molar-refractivity contribution >= 4 is 0 Å². The average Bonchev–Trinajstić information content (AvgIpc) is 2.39. The number of unbranched alkanes of at least 4 members (excludes halogenated alkanes) is 9. The molecule has 0 fully saturated rings. The summed E-state index contributed by atoms with van der Waals surface area (Å²) in [5, 5.41) is 0. The van der Waals surface area contributed by atoms with Gasteiger partial charge in [0.15, 0.2) is 0 Å². The van der Waals surface area contributed by atoms with Gasteiger partial charge in [0.1, 0.15) is 0 Å². The highest BCUT2D eigenvalue weighted by molar-refractivity contribution is 4.47. The van der Waals surface area contributed by atoms with Gasteiger partial charge in [0.05, 0.1) is 13.2 Å². The topological polar surface area (TPSA) is 30.5 Å². The summed E-state index contributed by atoms with van der Waals surface area (Å²) >= 11 is 0. The molecule has 0 amide bonds. The van der Waals surface area contributed by atoms with Crippen molar-refractivity contribution in [2.45, 2.75) is 71.1 Å². The largest absolute Gasteiger partial charge is 0.382 e. The molecule has 0 rings (SSSR count). The van der Waals surface area contributed by atoms with Crippen molar-refractivity contribution in [1.29, 1.82) is 0 Å². The number of rotatable bonds is 15. The van der Waals surface area contributed by atoms with Crippen LogP contribution < -0.4 is 5.48 Å². The fourth-order valence-corrected chi connectivity index (χ4v) is 1.95. The minimum Gasteiger partial charge on any atom is -0.382 e. The monoisotopic (exact) mass is 259 g/mol. The summed E-state index contributed by atoms with van der Waals surface area (Å²) in [6.07, 6.45) is 13.8. The van der Waals surface area contributed by atoms with Crippen molar-refractivity contribution in [3.8, 4) is 0 Å². The molecule has 0 atom stereocenters. The zero-order chi connectivity index (χ0) is 13.3. The van der Waals surface area contributed by atoms with Gasteiger partial charge in [-0.1, -0.05) is 64.7 Å². The Balaban J connectivity index is 2.86. The SMILES string of the molecule is CCCCCCCCCCCCNOCCOC. The lowest BCUT2D eigenvalue weighted by Crippen LogP contribution is -2.18. The molecule has 1 N–H and O–H groups in total. The van der Waals surface area contributed by atoms with Crippen LogP contribution in [0.5, 0.6) is 0 Å². The van der Waals surface area contributed by atoms with E-state index >= 15 is 0 Å². The minimum absolute atomic E-state index is 0.633. The average molecular weight is 259 g/mol. The molecule has 3 heteroatoms. The Hall–Kier alpha value is -0.120. The Bertz CT molecular complexity index is 126. The third-order valence-electron chi connectivity index (χ3n) is 3.12. The Morgan fingerprint density at radius 2 is 1.28 bits per heavy atom. The fourth-order valence-electron chi connectivity index (χ4n) is 1.95. The van der Waals surface area contributed by atoms with E-state index in [1.165, 1.54) is 64.2 Å². The zero-order valence-electron chi connectivity index (χ0n) is 12.5. The predicted molar refractivity (Wildman–Crippen MR) is 77.7 cm³/mol. The molecule has 0 saturated carbocycles. The maximum absolute atomic E-state index is 5.18. The van der Waals surface area contributed by atoms with Crippen molar-refractivity contribution < 1.29 is 9.57 Å². The molecule has 0 aliphatic rings. The third-order valence-corrected chi connectivity index (χ3v) is 3.12. The van der Waals surface area contributed by atoms with Crippen LogP contribution in [0.15, 0.2) is 0 Å². The van der Waals surface area contributed by atoms with Gasteiger partial charge >= 0.3 is 0 Å². The van der Waals surface area contributed by atoms with Crippen molar-refractivity contribution in [3.05, 3.63) is 0 Å². The second-order valence-electron chi connectivity index (χ2n) is 4.92. The molecular formula is C15H33NO2. The highest BCUT2D eigenvalue weighted by Gasteiger charge is 1.93. The Morgan fingerprint density at radius 3 is 1.83 bits per heavy atom. The van der Waals surface area contributed by atoms with Crippen LogP contribution in [0.1, 0.15) is 71.1 Å². The van der Waals surface area contributed by atoms with Gasteiger partial charge in [-0.2, -0.15) is 0 Å². The Kier molecular flexibility index (Phi) is 16.8. The molecule has 3 nitrogen and oxygen atoms in total. The smallest absolute Gasteiger partial charge is 0.0915 e. The molecular weight excluding hydrogens is 226 g/mol. The number of nitrogens with one attached hydrogen (secondary N) is 1. The predicted octanol–water partition coefficient (Wildman–Crippen LogP) is 4.07. The number of methoxy groups -OCH3 is 1. The molecule has 0 aromatic rings. The summed E-state index contributed by atoms with van der Waals surface area (Å²) in [7, 11) is 1.69. The van der Waals surface area contributed by atoms with Crippen molar-refractivity contribution in [1.82, 2.24) is 5.48 Å². The number of hydrogen-bond donors (Lipinski definition) is 1. The van der Waals surface area contributed by atoms with Crippen molar-refractivity contribution in [3.63, 3.8) is 0 Å². The van der Waals surface area contributed by atoms with Gasteiger partial charge in [0, 0.05) is 13.7 Å². The van der Waals surface area contributed by atoms with E-state index in [2.05, 4.69) is 12.4 Å². The molecule has 0 bridgehead atoms. The summed E-state index contributed by atoms with van der Waals surface area (Å²) < 4.78 is 4.88. The molecule has 0 saturated heterocycles. The molecule has 0 aliphatic carbocycles. The first-order valence-electron chi connectivity index (χ1n) is 7.75. The summed E-state index contributed by atoms with van der Waals surface area (Å²) in [6.45, 7) is 4.52. The van der Waals surface area contributed by atoms with E-state index < -0.39 is 0 Å². The van der Waals surface area contributed by atoms with Crippen molar-refractivity contribution in [2.75, 3.05) is 26.9 Å². The highest BCUT2D eigenvalue weighted by Crippen LogP contribution is 2.10. The lowest BCUT2D eigenvalue weighted by atomic mass is 10.1. The van der Waals surface area contributed by atoms with Crippen LogP contribution in [0.3, 0.4) is 0 Å². The number of hydroxylamine groups is 1. The number of hydrogen-bond acceptors (Lipinski definition) is 3. The van der Waals surface area contributed by atoms with Crippen molar-refractivity contribution in [2.24, 2.45) is 0 Å². The normalized spacial score (nSPS) is 11.0. The lowest BCUT2D eigenvalue weighted by Gasteiger charge is -2.05. The number of ether oxygens (including phenoxy) is 1. The molecule has 0 aromatic heterocycles. The maximum atomic E-state index is 5.18.